The summed E-state index contributed by atoms with van der Waals surface area (Å²) < 4.78 is 11.5. The second kappa shape index (κ2) is 9.91. The number of nitrogens with one attached hydrogen (secondary N) is 1. The Morgan fingerprint density at radius 3 is 2.77 bits per heavy atom. The van der Waals surface area contributed by atoms with Crippen LogP contribution in [-0.2, 0) is 16.1 Å². The van der Waals surface area contributed by atoms with Crippen LogP contribution in [0.15, 0.2) is 36.5 Å². The Balaban J connectivity index is 1.19. The third-order valence-electron chi connectivity index (χ3n) is 6.36. The molecule has 1 saturated carbocycles. The minimum atomic E-state index is -0.634. The van der Waals surface area contributed by atoms with Gasteiger partial charge in [0.05, 0.1) is 19.4 Å². The number of carbonyl (C=O) groups excluding carboxylic acids is 3. The van der Waals surface area contributed by atoms with Crippen molar-refractivity contribution in [2.45, 2.75) is 31.9 Å². The van der Waals surface area contributed by atoms with E-state index in [0.717, 1.165) is 5.56 Å². The van der Waals surface area contributed by atoms with E-state index < -0.39 is 6.10 Å². The molecule has 2 N–H and O–H groups in total. The fourth-order valence-electron chi connectivity index (χ4n) is 4.26. The van der Waals surface area contributed by atoms with Crippen LogP contribution in [0.3, 0.4) is 0 Å². The third kappa shape index (κ3) is 5.22. The number of hydrogen-bond acceptors (Lipinski definition) is 7. The van der Waals surface area contributed by atoms with Crippen LogP contribution in [0.2, 0.25) is 0 Å². The molecule has 35 heavy (non-hydrogen) atoms. The normalized spacial score (nSPS) is 19.2. The minimum absolute atomic E-state index is 0.0835. The van der Waals surface area contributed by atoms with Gasteiger partial charge >= 0.3 is 0 Å². The van der Waals surface area contributed by atoms with Crippen molar-refractivity contribution in [1.82, 2.24) is 15.2 Å². The molecule has 3 aliphatic rings. The number of carbonyl (C=O) groups is 3. The van der Waals surface area contributed by atoms with Gasteiger partial charge in [-0.05, 0) is 42.5 Å². The third-order valence-corrected chi connectivity index (χ3v) is 6.36. The molecule has 0 spiro atoms. The second-order valence-corrected chi connectivity index (χ2v) is 9.05. The molecule has 1 atom stereocenters. The van der Waals surface area contributed by atoms with Crippen molar-refractivity contribution >= 4 is 23.4 Å². The Bertz CT molecular complexity index is 1120. The number of fused-ring (bicyclic) bond motifs is 1. The summed E-state index contributed by atoms with van der Waals surface area (Å²) in [5.41, 5.74) is 1.92. The predicted octanol–water partition coefficient (Wildman–Crippen LogP) is 1.12. The summed E-state index contributed by atoms with van der Waals surface area (Å²) in [6.07, 6.45) is 3.87. The van der Waals surface area contributed by atoms with E-state index >= 15 is 0 Å². The van der Waals surface area contributed by atoms with Crippen LogP contribution < -0.4 is 19.7 Å². The highest BCUT2D eigenvalue weighted by molar-refractivity contribution is 6.03. The zero-order valence-electron chi connectivity index (χ0n) is 19.3. The summed E-state index contributed by atoms with van der Waals surface area (Å²) in [5.74, 6) is 0.936. The largest absolute Gasteiger partial charge is 0.479 e. The van der Waals surface area contributed by atoms with Crippen molar-refractivity contribution in [3.63, 3.8) is 0 Å². The molecular formula is C25H28N4O6. The molecule has 2 fully saturated rings. The number of pyridine rings is 1. The van der Waals surface area contributed by atoms with Gasteiger partial charge in [-0.2, -0.15) is 0 Å². The average Bonchev–Trinajstić information content (AvgIpc) is 3.57. The monoisotopic (exact) mass is 480 g/mol. The van der Waals surface area contributed by atoms with Crippen molar-refractivity contribution in [3.05, 3.63) is 47.7 Å². The highest BCUT2D eigenvalue weighted by Crippen LogP contribution is 2.31. The first kappa shape index (κ1) is 23.1. The maximum atomic E-state index is 13.0. The molecule has 0 bridgehead atoms. The fourth-order valence-corrected chi connectivity index (χ4v) is 4.26. The summed E-state index contributed by atoms with van der Waals surface area (Å²) in [6, 6.07) is 8.84. The summed E-state index contributed by atoms with van der Waals surface area (Å²) in [7, 11) is 0. The first-order valence-electron chi connectivity index (χ1n) is 11.9. The smallest absolute Gasteiger partial charge is 0.268 e. The van der Waals surface area contributed by atoms with Crippen LogP contribution in [0.4, 0.5) is 5.69 Å². The van der Waals surface area contributed by atoms with Gasteiger partial charge in [-0.25, -0.2) is 4.98 Å². The second-order valence-electron chi connectivity index (χ2n) is 9.05. The van der Waals surface area contributed by atoms with Crippen LogP contribution in [0, 0.1) is 5.92 Å². The number of aliphatic hydroxyl groups excluding tert-OH is 1. The van der Waals surface area contributed by atoms with Crippen LogP contribution >= 0.6 is 0 Å². The van der Waals surface area contributed by atoms with Crippen molar-refractivity contribution in [1.29, 1.82) is 0 Å². The highest BCUT2D eigenvalue weighted by Gasteiger charge is 2.36. The number of aliphatic hydroxyl groups is 1. The molecule has 3 amide bonds. The Morgan fingerprint density at radius 1 is 1.17 bits per heavy atom. The molecule has 1 saturated heterocycles. The molecule has 2 aliphatic heterocycles. The molecule has 1 aromatic carbocycles. The number of anilines is 1. The van der Waals surface area contributed by atoms with E-state index in [1.807, 2.05) is 12.1 Å². The van der Waals surface area contributed by atoms with E-state index in [1.54, 1.807) is 29.3 Å². The fraction of sp³-hybridized carbons (Fsp3) is 0.440. The average molecular weight is 481 g/mol. The van der Waals surface area contributed by atoms with Gasteiger partial charge in [-0.3, -0.25) is 14.4 Å². The van der Waals surface area contributed by atoms with Crippen molar-refractivity contribution in [3.8, 4) is 11.6 Å². The van der Waals surface area contributed by atoms with Gasteiger partial charge in [0.25, 0.3) is 11.8 Å². The Labute approximate surface area is 202 Å². The van der Waals surface area contributed by atoms with Crippen LogP contribution in [-0.4, -0.2) is 71.7 Å². The molecule has 1 aromatic heterocycles. The zero-order chi connectivity index (χ0) is 24.4. The number of aromatic nitrogens is 1. The van der Waals surface area contributed by atoms with Crippen molar-refractivity contribution in [2.24, 2.45) is 5.92 Å². The molecule has 5 rings (SSSR count). The van der Waals surface area contributed by atoms with Crippen molar-refractivity contribution in [2.75, 3.05) is 37.7 Å². The van der Waals surface area contributed by atoms with Crippen LogP contribution in [0.1, 0.15) is 35.2 Å². The first-order valence-corrected chi connectivity index (χ1v) is 11.9. The SMILES string of the molecule is O=C(CN1Cc2ccc(N3CCC(Oc4ccc(OCC5CC5)nc4)C3=O)cc2C1=O)NCCO. The number of benzene rings is 1. The topological polar surface area (TPSA) is 121 Å². The highest BCUT2D eigenvalue weighted by atomic mass is 16.5. The number of rotatable bonds is 10. The van der Waals surface area contributed by atoms with Gasteiger partial charge in [-0.15, -0.1) is 0 Å². The molecule has 10 heteroatoms. The number of nitrogens with zero attached hydrogens (tertiary/aromatic N) is 3. The number of hydrogen-bond donors (Lipinski definition) is 2. The van der Waals surface area contributed by atoms with Gasteiger partial charge in [-0.1, -0.05) is 6.07 Å². The summed E-state index contributed by atoms with van der Waals surface area (Å²) >= 11 is 0. The standard InChI is InChI=1S/C25H28N4O6/c30-10-8-26-22(31)14-28-13-17-3-4-18(11-20(17)24(28)32)29-9-7-21(25(29)33)35-19-5-6-23(27-12-19)34-15-16-1-2-16/h3-6,11-12,16,21,30H,1-2,7-10,13-15H2,(H,26,31). The molecular weight excluding hydrogens is 452 g/mol. The Kier molecular flexibility index (Phi) is 6.54. The van der Waals surface area contributed by atoms with Gasteiger partial charge in [0, 0.05) is 43.4 Å². The molecule has 0 radical (unpaired) electrons. The predicted molar refractivity (Wildman–Crippen MR) is 125 cm³/mol. The molecule has 1 aliphatic carbocycles. The zero-order valence-corrected chi connectivity index (χ0v) is 19.3. The van der Waals surface area contributed by atoms with Crippen LogP contribution in [0.5, 0.6) is 11.6 Å². The molecule has 2 aromatic rings. The first-order chi connectivity index (χ1) is 17.0. The Morgan fingerprint density at radius 2 is 2.03 bits per heavy atom. The quantitative estimate of drug-likeness (QED) is 0.523. The van der Waals surface area contributed by atoms with Gasteiger partial charge in [0.15, 0.2) is 6.10 Å². The lowest BCUT2D eigenvalue weighted by atomic mass is 10.1. The van der Waals surface area contributed by atoms with E-state index in [4.69, 9.17) is 14.6 Å². The lowest BCUT2D eigenvalue weighted by Gasteiger charge is -2.18. The lowest BCUT2D eigenvalue weighted by molar-refractivity contribution is -0.123. The molecule has 184 valence electrons. The van der Waals surface area contributed by atoms with Gasteiger partial charge in [0.2, 0.25) is 11.8 Å². The number of amides is 3. The van der Waals surface area contributed by atoms with E-state index in [1.165, 1.54) is 17.7 Å². The van der Waals surface area contributed by atoms with E-state index in [0.29, 0.717) is 54.9 Å². The van der Waals surface area contributed by atoms with Gasteiger partial charge < -0.3 is 29.7 Å². The van der Waals surface area contributed by atoms with Crippen LogP contribution in [0.25, 0.3) is 0 Å². The maximum Gasteiger partial charge on any atom is 0.268 e. The van der Waals surface area contributed by atoms with Crippen molar-refractivity contribution < 1.29 is 29.0 Å². The minimum Gasteiger partial charge on any atom is -0.479 e. The molecule has 3 heterocycles. The Hall–Kier alpha value is -3.66. The molecule has 1 unspecified atom stereocenters. The lowest BCUT2D eigenvalue weighted by Crippen LogP contribution is -2.38. The summed E-state index contributed by atoms with van der Waals surface area (Å²) in [4.78, 5) is 45.1. The van der Waals surface area contributed by atoms with E-state index in [-0.39, 0.29) is 37.4 Å². The van der Waals surface area contributed by atoms with Gasteiger partial charge in [0.1, 0.15) is 12.3 Å². The summed E-state index contributed by atoms with van der Waals surface area (Å²) in [5, 5.41) is 11.4. The van der Waals surface area contributed by atoms with E-state index in [9.17, 15) is 14.4 Å². The maximum absolute atomic E-state index is 13.0. The number of ether oxygens (including phenoxy) is 2. The molecule has 10 nitrogen and oxygen atoms in total. The van der Waals surface area contributed by atoms with E-state index in [2.05, 4.69) is 10.3 Å². The summed E-state index contributed by atoms with van der Waals surface area (Å²) in [6.45, 7) is 1.38.